The van der Waals surface area contributed by atoms with Gasteiger partial charge in [-0.05, 0) is 24.3 Å². The summed E-state index contributed by atoms with van der Waals surface area (Å²) in [5.41, 5.74) is 1.80. The summed E-state index contributed by atoms with van der Waals surface area (Å²) in [5, 5.41) is 3.59. The predicted octanol–water partition coefficient (Wildman–Crippen LogP) is 3.42. The lowest BCUT2D eigenvalue weighted by molar-refractivity contribution is 0.301. The molecule has 5 heteroatoms. The quantitative estimate of drug-likeness (QED) is 0.916. The number of rotatable bonds is 5. The molecule has 0 unspecified atom stereocenters. The molecular formula is C15H18ClN3O. The van der Waals surface area contributed by atoms with Crippen LogP contribution in [0.15, 0.2) is 36.4 Å². The summed E-state index contributed by atoms with van der Waals surface area (Å²) in [4.78, 5) is 6.41. The first-order chi connectivity index (χ1) is 9.60. The fourth-order valence-electron chi connectivity index (χ4n) is 1.73. The van der Waals surface area contributed by atoms with Crippen LogP contribution in [0.2, 0.25) is 5.02 Å². The van der Waals surface area contributed by atoms with Crippen molar-refractivity contribution in [2.45, 2.75) is 6.61 Å². The van der Waals surface area contributed by atoms with E-state index in [9.17, 15) is 0 Å². The minimum atomic E-state index is 0.339. The molecule has 1 aromatic heterocycles. The number of hydrogen-bond acceptors (Lipinski definition) is 4. The first-order valence-electron chi connectivity index (χ1n) is 6.33. The topological polar surface area (TPSA) is 37.4 Å². The van der Waals surface area contributed by atoms with Gasteiger partial charge in [0.15, 0.2) is 0 Å². The summed E-state index contributed by atoms with van der Waals surface area (Å²) in [7, 11) is 5.81. The molecule has 106 valence electrons. The molecule has 0 atom stereocenters. The first kappa shape index (κ1) is 14.5. The summed E-state index contributed by atoms with van der Waals surface area (Å²) in [6.07, 6.45) is 0. The fraction of sp³-hybridized carbons (Fsp3) is 0.267. The highest BCUT2D eigenvalue weighted by molar-refractivity contribution is 6.31. The van der Waals surface area contributed by atoms with Crippen LogP contribution in [0.3, 0.4) is 0 Å². The Labute approximate surface area is 124 Å². The molecule has 20 heavy (non-hydrogen) atoms. The van der Waals surface area contributed by atoms with Gasteiger partial charge in [-0.1, -0.05) is 17.7 Å². The monoisotopic (exact) mass is 291 g/mol. The summed E-state index contributed by atoms with van der Waals surface area (Å²) in [6, 6.07) is 11.5. The summed E-state index contributed by atoms with van der Waals surface area (Å²) in [5.74, 6) is 1.57. The third-order valence-electron chi connectivity index (χ3n) is 2.88. The second-order valence-corrected chi connectivity index (χ2v) is 4.96. The second-order valence-electron chi connectivity index (χ2n) is 4.56. The third-order valence-corrected chi connectivity index (χ3v) is 3.23. The minimum absolute atomic E-state index is 0.339. The van der Waals surface area contributed by atoms with Gasteiger partial charge < -0.3 is 15.0 Å². The van der Waals surface area contributed by atoms with E-state index in [1.165, 1.54) is 0 Å². The van der Waals surface area contributed by atoms with Crippen molar-refractivity contribution in [1.82, 2.24) is 4.98 Å². The zero-order valence-electron chi connectivity index (χ0n) is 11.9. The lowest BCUT2D eigenvalue weighted by Crippen LogP contribution is -2.08. The zero-order chi connectivity index (χ0) is 14.5. The average Bonchev–Trinajstić information content (AvgIpc) is 2.46. The van der Waals surface area contributed by atoms with Gasteiger partial charge in [-0.15, -0.1) is 0 Å². The van der Waals surface area contributed by atoms with Crippen molar-refractivity contribution in [2.24, 2.45) is 0 Å². The molecule has 0 aliphatic heterocycles. The summed E-state index contributed by atoms with van der Waals surface area (Å²) >= 11 is 6.12. The van der Waals surface area contributed by atoms with E-state index in [0.717, 1.165) is 17.3 Å². The van der Waals surface area contributed by atoms with Gasteiger partial charge in [0.25, 0.3) is 0 Å². The lowest BCUT2D eigenvalue weighted by atomic mass is 10.3. The Kier molecular flexibility index (Phi) is 4.69. The zero-order valence-corrected chi connectivity index (χ0v) is 12.6. The van der Waals surface area contributed by atoms with Crippen LogP contribution in [0.25, 0.3) is 0 Å². The van der Waals surface area contributed by atoms with E-state index in [1.54, 1.807) is 0 Å². The van der Waals surface area contributed by atoms with Gasteiger partial charge in [0, 0.05) is 32.9 Å². The van der Waals surface area contributed by atoms with Crippen molar-refractivity contribution in [2.75, 3.05) is 31.4 Å². The Morgan fingerprint density at radius 1 is 1.25 bits per heavy atom. The molecule has 0 saturated carbocycles. The maximum absolute atomic E-state index is 6.12. The van der Waals surface area contributed by atoms with Crippen molar-refractivity contribution >= 4 is 23.1 Å². The largest absolute Gasteiger partial charge is 0.487 e. The molecule has 0 spiro atoms. The first-order valence-corrected chi connectivity index (χ1v) is 6.71. The van der Waals surface area contributed by atoms with E-state index in [1.807, 2.05) is 62.4 Å². The van der Waals surface area contributed by atoms with Crippen LogP contribution >= 0.6 is 11.6 Å². The van der Waals surface area contributed by atoms with E-state index in [-0.39, 0.29) is 0 Å². The molecule has 0 saturated heterocycles. The van der Waals surface area contributed by atoms with E-state index in [4.69, 9.17) is 16.3 Å². The number of aromatic nitrogens is 1. The van der Waals surface area contributed by atoms with E-state index >= 15 is 0 Å². The van der Waals surface area contributed by atoms with E-state index < -0.39 is 0 Å². The van der Waals surface area contributed by atoms with Crippen molar-refractivity contribution in [3.8, 4) is 5.75 Å². The molecule has 1 N–H and O–H groups in total. The van der Waals surface area contributed by atoms with E-state index in [0.29, 0.717) is 17.3 Å². The Hall–Kier alpha value is -1.94. The minimum Gasteiger partial charge on any atom is -0.487 e. The number of hydrogen-bond donors (Lipinski definition) is 1. The Morgan fingerprint density at radius 3 is 2.75 bits per heavy atom. The molecule has 0 fully saturated rings. The van der Waals surface area contributed by atoms with Crippen molar-refractivity contribution in [3.63, 3.8) is 0 Å². The van der Waals surface area contributed by atoms with Crippen LogP contribution in [0.5, 0.6) is 5.75 Å². The normalized spacial score (nSPS) is 10.2. The highest BCUT2D eigenvalue weighted by Crippen LogP contribution is 2.22. The molecular weight excluding hydrogens is 274 g/mol. The summed E-state index contributed by atoms with van der Waals surface area (Å²) < 4.78 is 5.76. The van der Waals surface area contributed by atoms with Gasteiger partial charge in [0.2, 0.25) is 0 Å². The smallest absolute Gasteiger partial charge is 0.132 e. The third kappa shape index (κ3) is 3.54. The van der Waals surface area contributed by atoms with Gasteiger partial charge in [-0.25, -0.2) is 4.98 Å². The number of benzene rings is 1. The molecule has 0 bridgehead atoms. The molecule has 2 aromatic rings. The molecule has 0 aliphatic carbocycles. The number of halogens is 1. The molecule has 0 aliphatic rings. The Morgan fingerprint density at radius 2 is 2.05 bits per heavy atom. The van der Waals surface area contributed by atoms with Gasteiger partial charge in [-0.2, -0.15) is 0 Å². The summed E-state index contributed by atoms with van der Waals surface area (Å²) in [6.45, 7) is 0.339. The lowest BCUT2D eigenvalue weighted by Gasteiger charge is -2.14. The maximum Gasteiger partial charge on any atom is 0.132 e. The van der Waals surface area contributed by atoms with Crippen molar-refractivity contribution in [1.29, 1.82) is 0 Å². The Balaban J connectivity index is 2.10. The van der Waals surface area contributed by atoms with Crippen LogP contribution in [0.4, 0.5) is 11.5 Å². The number of nitrogens with zero attached hydrogens (tertiary/aromatic N) is 2. The molecule has 1 heterocycles. The van der Waals surface area contributed by atoms with Crippen LogP contribution in [-0.2, 0) is 6.61 Å². The molecule has 0 amide bonds. The number of anilines is 2. The predicted molar refractivity (Wildman–Crippen MR) is 83.9 cm³/mol. The number of nitrogens with one attached hydrogen (secondary N) is 1. The highest BCUT2D eigenvalue weighted by atomic mass is 35.5. The van der Waals surface area contributed by atoms with Crippen molar-refractivity contribution in [3.05, 3.63) is 47.1 Å². The van der Waals surface area contributed by atoms with Crippen LogP contribution in [0.1, 0.15) is 5.69 Å². The molecule has 2 rings (SSSR count). The van der Waals surface area contributed by atoms with Crippen LogP contribution in [0, 0.1) is 0 Å². The average molecular weight is 292 g/mol. The van der Waals surface area contributed by atoms with Crippen LogP contribution in [-0.4, -0.2) is 26.1 Å². The Bertz CT molecular complexity index is 587. The molecule has 4 nitrogen and oxygen atoms in total. The van der Waals surface area contributed by atoms with Gasteiger partial charge in [0.1, 0.15) is 18.2 Å². The molecule has 1 aromatic carbocycles. The van der Waals surface area contributed by atoms with Gasteiger partial charge in [-0.3, -0.25) is 0 Å². The van der Waals surface area contributed by atoms with Crippen molar-refractivity contribution < 1.29 is 4.74 Å². The fourth-order valence-corrected chi connectivity index (χ4v) is 1.89. The van der Waals surface area contributed by atoms with Crippen LogP contribution < -0.4 is 15.0 Å². The standard InChI is InChI=1S/C15H18ClN3O/c1-17-15-8-7-13(16)14(18-15)10-20-12-6-4-5-11(9-12)19(2)3/h4-9H,10H2,1-3H3,(H,17,18). The van der Waals surface area contributed by atoms with Gasteiger partial charge in [0.05, 0.1) is 10.7 Å². The number of ether oxygens (including phenoxy) is 1. The number of pyridine rings is 1. The maximum atomic E-state index is 6.12. The molecule has 0 radical (unpaired) electrons. The van der Waals surface area contributed by atoms with Gasteiger partial charge >= 0.3 is 0 Å². The second kappa shape index (κ2) is 6.48. The highest BCUT2D eigenvalue weighted by Gasteiger charge is 2.05. The van der Waals surface area contributed by atoms with E-state index in [2.05, 4.69) is 10.3 Å². The SMILES string of the molecule is CNc1ccc(Cl)c(COc2cccc(N(C)C)c2)n1.